The van der Waals surface area contributed by atoms with E-state index in [0.717, 1.165) is 19.1 Å². The molecule has 0 aliphatic rings. The largest absolute Gasteiger partial charge is 0.459 e. The monoisotopic (exact) mass is 469 g/mol. The molecule has 1 atom stereocenters. The average Bonchev–Trinajstić information content (AvgIpc) is 2.66. The number of carbonyl (C=O) groups excluding carboxylic acids is 1. The van der Waals surface area contributed by atoms with Crippen molar-refractivity contribution >= 4 is 29.3 Å². The van der Waals surface area contributed by atoms with Crippen molar-refractivity contribution in [2.45, 2.75) is 24.9 Å². The maximum absolute atomic E-state index is 14.2. The van der Waals surface area contributed by atoms with Crippen molar-refractivity contribution in [3.8, 4) is 0 Å². The van der Waals surface area contributed by atoms with Crippen molar-refractivity contribution in [2.24, 2.45) is 5.73 Å². The van der Waals surface area contributed by atoms with E-state index in [1.54, 1.807) is 0 Å². The third-order valence-corrected chi connectivity index (χ3v) is 4.25. The predicted octanol–water partition coefficient (Wildman–Crippen LogP) is 4.19. The van der Waals surface area contributed by atoms with Gasteiger partial charge in [-0.15, -0.1) is 0 Å². The van der Waals surface area contributed by atoms with Crippen LogP contribution in [0.25, 0.3) is 0 Å². The fourth-order valence-corrected chi connectivity index (χ4v) is 2.52. The summed E-state index contributed by atoms with van der Waals surface area (Å²) in [5.74, 6) is -8.12. The quantitative estimate of drug-likeness (QED) is 0.333. The molecule has 0 spiro atoms. The number of ether oxygens (including phenoxy) is 1. The summed E-state index contributed by atoms with van der Waals surface area (Å²) < 4.78 is 84.8. The molecule has 0 radical (unpaired) electrons. The number of pyridine rings is 2. The number of nitrogens with zero attached hydrogens (tertiary/aromatic N) is 2. The first-order valence-electron chi connectivity index (χ1n) is 8.27. The molecule has 0 aromatic carbocycles. The number of hydrogen-bond acceptors (Lipinski definition) is 5. The molecule has 0 fully saturated rings. The summed E-state index contributed by atoms with van der Waals surface area (Å²) >= 11 is 5.68. The summed E-state index contributed by atoms with van der Waals surface area (Å²) in [7, 11) is 0. The lowest BCUT2D eigenvalue weighted by molar-refractivity contribution is -0.137. The summed E-state index contributed by atoms with van der Waals surface area (Å²) in [5, 5.41) is 8.32. The minimum absolute atomic E-state index is 0.380. The third-order valence-electron chi connectivity index (χ3n) is 3.96. The Hall–Kier alpha value is -3.09. The number of nitrogens with one attached hydrogen (secondary N) is 2. The van der Waals surface area contributed by atoms with Crippen molar-refractivity contribution in [1.82, 2.24) is 9.97 Å². The zero-order chi connectivity index (χ0) is 23.6. The molecule has 0 bridgehead atoms. The van der Waals surface area contributed by atoms with E-state index in [9.17, 15) is 31.1 Å². The lowest BCUT2D eigenvalue weighted by atomic mass is 9.99. The molecule has 0 aliphatic carbocycles. The van der Waals surface area contributed by atoms with Gasteiger partial charge in [-0.1, -0.05) is 18.5 Å². The molecule has 2 aromatic heterocycles. The van der Waals surface area contributed by atoms with Crippen LogP contribution in [-0.2, 0) is 10.9 Å². The zero-order valence-corrected chi connectivity index (χ0v) is 16.3. The Morgan fingerprint density at radius 2 is 1.97 bits per heavy atom. The summed E-state index contributed by atoms with van der Waals surface area (Å²) in [4.78, 5) is 19.3. The van der Waals surface area contributed by atoms with Crippen LogP contribution in [-0.4, -0.2) is 34.4 Å². The number of halogens is 7. The van der Waals surface area contributed by atoms with Gasteiger partial charge in [-0.25, -0.2) is 23.1 Å². The highest BCUT2D eigenvalue weighted by Gasteiger charge is 2.41. The van der Waals surface area contributed by atoms with Gasteiger partial charge in [0.15, 0.2) is 6.61 Å². The molecule has 2 aromatic rings. The fraction of sp³-hybridized carbons (Fsp3) is 0.294. The number of nitrogens with two attached hydrogens (primary N) is 1. The normalized spacial score (nSPS) is 12.9. The van der Waals surface area contributed by atoms with Crippen LogP contribution in [0.5, 0.6) is 0 Å². The van der Waals surface area contributed by atoms with E-state index < -0.39 is 64.3 Å². The van der Waals surface area contributed by atoms with Gasteiger partial charge in [0, 0.05) is 6.20 Å². The van der Waals surface area contributed by atoms with E-state index in [0.29, 0.717) is 12.3 Å². The van der Waals surface area contributed by atoms with Crippen molar-refractivity contribution < 1.29 is 35.9 Å². The third kappa shape index (κ3) is 5.96. The molecule has 14 heteroatoms. The fourth-order valence-electron chi connectivity index (χ4n) is 2.27. The average molecular weight is 470 g/mol. The number of aromatic nitrogens is 2. The van der Waals surface area contributed by atoms with E-state index in [2.05, 4.69) is 20.0 Å². The first-order valence-corrected chi connectivity index (χ1v) is 8.65. The SMILES string of the molecule is C[C@@H](c1nc(NC(=O)c2ncc(C(F)(F)F)cc2Cl)ccc1F)C(F)(F)COC(=N)N. The van der Waals surface area contributed by atoms with Crippen molar-refractivity contribution in [3.63, 3.8) is 0 Å². The van der Waals surface area contributed by atoms with Crippen LogP contribution < -0.4 is 11.1 Å². The van der Waals surface area contributed by atoms with Gasteiger partial charge in [0.2, 0.25) is 0 Å². The Morgan fingerprint density at radius 3 is 2.52 bits per heavy atom. The smallest absolute Gasteiger partial charge is 0.417 e. The maximum Gasteiger partial charge on any atom is 0.417 e. The number of rotatable bonds is 6. The minimum atomic E-state index is -4.73. The maximum atomic E-state index is 14.2. The number of amides is 1. The lowest BCUT2D eigenvalue weighted by Crippen LogP contribution is -2.34. The van der Waals surface area contributed by atoms with E-state index in [1.165, 1.54) is 0 Å². The minimum Gasteiger partial charge on any atom is -0.459 e. The summed E-state index contributed by atoms with van der Waals surface area (Å²) in [5.41, 5.74) is 2.36. The van der Waals surface area contributed by atoms with Gasteiger partial charge in [0.1, 0.15) is 17.3 Å². The standard InChI is InChI=1S/C17H14ClF6N5O2/c1-7(16(20,21)6-31-15(25)26)12-10(19)2-3-11(28-12)29-14(30)13-9(18)4-8(5-27-13)17(22,23)24/h2-5,7H,6H2,1H3,(H3,25,26)(H,28,29,30)/t7-/m0/s1. The second-order valence-corrected chi connectivity index (χ2v) is 6.61. The van der Waals surface area contributed by atoms with E-state index in [4.69, 9.17) is 22.7 Å². The van der Waals surface area contributed by atoms with Crippen LogP contribution in [0.15, 0.2) is 24.4 Å². The summed E-state index contributed by atoms with van der Waals surface area (Å²) in [6, 6.07) is 1.25. The van der Waals surface area contributed by atoms with Gasteiger partial charge >= 0.3 is 6.18 Å². The molecule has 0 saturated carbocycles. The predicted molar refractivity (Wildman–Crippen MR) is 97.6 cm³/mol. The molecule has 1 amide bonds. The molecular formula is C17H14ClF6N5O2. The number of anilines is 1. The highest BCUT2D eigenvalue weighted by atomic mass is 35.5. The summed E-state index contributed by atoms with van der Waals surface area (Å²) in [6.45, 7) is -0.374. The van der Waals surface area contributed by atoms with Gasteiger partial charge in [-0.05, 0) is 18.2 Å². The van der Waals surface area contributed by atoms with Crippen molar-refractivity contribution in [3.05, 3.63) is 52.2 Å². The molecule has 2 heterocycles. The van der Waals surface area contributed by atoms with Crippen LogP contribution in [0.3, 0.4) is 0 Å². The van der Waals surface area contributed by atoms with Crippen LogP contribution in [0.2, 0.25) is 5.02 Å². The number of carbonyl (C=O) groups is 1. The van der Waals surface area contributed by atoms with Crippen LogP contribution in [0.1, 0.15) is 34.6 Å². The second-order valence-electron chi connectivity index (χ2n) is 6.21. The molecule has 4 N–H and O–H groups in total. The van der Waals surface area contributed by atoms with Crippen LogP contribution in [0, 0.1) is 11.2 Å². The van der Waals surface area contributed by atoms with Gasteiger partial charge < -0.3 is 15.8 Å². The van der Waals surface area contributed by atoms with Gasteiger partial charge in [0.05, 0.1) is 22.2 Å². The number of amidine groups is 1. The van der Waals surface area contributed by atoms with Gasteiger partial charge in [-0.3, -0.25) is 10.2 Å². The Balaban J connectivity index is 2.26. The summed E-state index contributed by atoms with van der Waals surface area (Å²) in [6.07, 6.45) is -4.34. The molecule has 2 rings (SSSR count). The lowest BCUT2D eigenvalue weighted by Gasteiger charge is -2.23. The molecule has 7 nitrogen and oxygen atoms in total. The Kier molecular flexibility index (Phi) is 6.99. The first-order chi connectivity index (χ1) is 14.2. The van der Waals surface area contributed by atoms with Crippen LogP contribution >= 0.6 is 11.6 Å². The number of hydrogen-bond donors (Lipinski definition) is 3. The topological polar surface area (TPSA) is 114 Å². The molecule has 0 aliphatic heterocycles. The number of alkyl halides is 5. The Bertz CT molecular complexity index is 1000. The van der Waals surface area contributed by atoms with Crippen molar-refractivity contribution in [1.29, 1.82) is 5.41 Å². The van der Waals surface area contributed by atoms with Gasteiger partial charge in [-0.2, -0.15) is 13.2 Å². The van der Waals surface area contributed by atoms with Crippen molar-refractivity contribution in [2.75, 3.05) is 11.9 Å². The Labute approximate surface area is 176 Å². The molecule has 0 saturated heterocycles. The zero-order valence-electron chi connectivity index (χ0n) is 15.5. The van der Waals surface area contributed by atoms with Crippen LogP contribution in [0.4, 0.5) is 32.2 Å². The Morgan fingerprint density at radius 1 is 1.32 bits per heavy atom. The molecular weight excluding hydrogens is 456 g/mol. The molecule has 0 unspecified atom stereocenters. The van der Waals surface area contributed by atoms with E-state index >= 15 is 0 Å². The highest BCUT2D eigenvalue weighted by Crippen LogP contribution is 2.35. The molecule has 168 valence electrons. The molecule has 31 heavy (non-hydrogen) atoms. The van der Waals surface area contributed by atoms with Gasteiger partial charge in [0.25, 0.3) is 17.9 Å². The van der Waals surface area contributed by atoms with E-state index in [1.807, 2.05) is 0 Å². The highest BCUT2D eigenvalue weighted by molar-refractivity contribution is 6.34. The second kappa shape index (κ2) is 8.96. The first kappa shape index (κ1) is 24.2. The van der Waals surface area contributed by atoms with E-state index in [-0.39, 0.29) is 5.82 Å².